The molecule has 0 fully saturated rings. The van der Waals surface area contributed by atoms with Gasteiger partial charge < -0.3 is 5.32 Å². The second kappa shape index (κ2) is 9.61. The van der Waals surface area contributed by atoms with E-state index in [4.69, 9.17) is 11.6 Å². The minimum Gasteiger partial charge on any atom is -0.349 e. The Hall–Kier alpha value is -3.77. The van der Waals surface area contributed by atoms with E-state index in [1.54, 1.807) is 36.5 Å². The van der Waals surface area contributed by atoms with Crippen molar-refractivity contribution < 1.29 is 9.59 Å². The van der Waals surface area contributed by atoms with E-state index in [-0.39, 0.29) is 17.0 Å². The molecule has 0 bridgehead atoms. The molecule has 1 atom stereocenters. The number of nitrogens with one attached hydrogen (secondary N) is 1. The maximum absolute atomic E-state index is 14.0. The average Bonchev–Trinajstić information content (AvgIpc) is 2.81. The van der Waals surface area contributed by atoms with Gasteiger partial charge in [0.15, 0.2) is 6.04 Å². The molecule has 172 valence electrons. The van der Waals surface area contributed by atoms with E-state index in [1.807, 2.05) is 63.2 Å². The van der Waals surface area contributed by atoms with Gasteiger partial charge in [0, 0.05) is 23.3 Å². The van der Waals surface area contributed by atoms with Gasteiger partial charge in [-0.15, -0.1) is 0 Å². The number of fused-ring (bicyclic) bond motifs is 1. The maximum atomic E-state index is 14.0. The first-order valence-electron chi connectivity index (χ1n) is 10.9. The fourth-order valence-electron chi connectivity index (χ4n) is 3.79. The van der Waals surface area contributed by atoms with Gasteiger partial charge in [-0.05, 0) is 56.5 Å². The SMILES string of the molecule is CC(C)(C)NC(=O)C(c1ccccn1)N(C(=O)c1ccc(Cl)nc1)c1cccc2ccccc12. The highest BCUT2D eigenvalue weighted by Gasteiger charge is 2.36. The third-order valence-electron chi connectivity index (χ3n) is 5.19. The summed E-state index contributed by atoms with van der Waals surface area (Å²) in [5, 5.41) is 5.08. The van der Waals surface area contributed by atoms with Crippen molar-refractivity contribution in [1.82, 2.24) is 15.3 Å². The van der Waals surface area contributed by atoms with E-state index in [2.05, 4.69) is 15.3 Å². The molecule has 4 aromatic rings. The van der Waals surface area contributed by atoms with Crippen molar-refractivity contribution >= 4 is 39.9 Å². The van der Waals surface area contributed by atoms with Gasteiger partial charge in [0.05, 0.1) is 16.9 Å². The third kappa shape index (κ3) is 5.07. The van der Waals surface area contributed by atoms with Crippen molar-refractivity contribution in [3.05, 3.63) is 102 Å². The van der Waals surface area contributed by atoms with E-state index in [0.29, 0.717) is 16.9 Å². The standard InChI is InChI=1S/C27H25ClN4O2/c1-27(2,3)31-25(33)24(21-12-6-7-16-29-21)32(26(34)19-14-15-23(28)30-17-19)22-13-8-10-18-9-4-5-11-20(18)22/h4-17,24H,1-3H3,(H,31,33). The van der Waals surface area contributed by atoms with E-state index in [0.717, 1.165) is 10.8 Å². The van der Waals surface area contributed by atoms with Crippen molar-refractivity contribution in [1.29, 1.82) is 0 Å². The molecule has 0 aliphatic heterocycles. The zero-order valence-electron chi connectivity index (χ0n) is 19.2. The van der Waals surface area contributed by atoms with Crippen molar-refractivity contribution in [3.8, 4) is 0 Å². The molecule has 0 aliphatic carbocycles. The summed E-state index contributed by atoms with van der Waals surface area (Å²) < 4.78 is 0. The van der Waals surface area contributed by atoms with Crippen molar-refractivity contribution in [2.75, 3.05) is 4.90 Å². The Morgan fingerprint density at radius 3 is 2.32 bits per heavy atom. The molecular weight excluding hydrogens is 448 g/mol. The largest absolute Gasteiger partial charge is 0.349 e. The molecule has 6 nitrogen and oxygen atoms in total. The number of hydrogen-bond acceptors (Lipinski definition) is 4. The third-order valence-corrected chi connectivity index (χ3v) is 5.42. The number of aromatic nitrogens is 2. The van der Waals surface area contributed by atoms with Crippen LogP contribution < -0.4 is 10.2 Å². The molecule has 0 saturated heterocycles. The van der Waals surface area contributed by atoms with Gasteiger partial charge in [0.2, 0.25) is 5.91 Å². The van der Waals surface area contributed by atoms with Gasteiger partial charge >= 0.3 is 0 Å². The Kier molecular flexibility index (Phi) is 6.61. The van der Waals surface area contributed by atoms with Gasteiger partial charge in [0.25, 0.3) is 5.91 Å². The van der Waals surface area contributed by atoms with Gasteiger partial charge in [-0.3, -0.25) is 19.5 Å². The van der Waals surface area contributed by atoms with Gasteiger partial charge in [-0.2, -0.15) is 0 Å². The molecule has 2 aromatic heterocycles. The van der Waals surface area contributed by atoms with Crippen LogP contribution in [0.15, 0.2) is 85.2 Å². The molecule has 1 N–H and O–H groups in total. The summed E-state index contributed by atoms with van der Waals surface area (Å²) >= 11 is 5.96. The number of halogens is 1. The van der Waals surface area contributed by atoms with Crippen molar-refractivity contribution in [3.63, 3.8) is 0 Å². The average molecular weight is 473 g/mol. The Balaban J connectivity index is 1.96. The highest BCUT2D eigenvalue weighted by molar-refractivity contribution is 6.29. The molecule has 0 saturated carbocycles. The number of pyridine rings is 2. The Morgan fingerprint density at radius 1 is 0.912 bits per heavy atom. The molecule has 0 aliphatic rings. The normalized spacial score (nSPS) is 12.2. The Morgan fingerprint density at radius 2 is 1.65 bits per heavy atom. The van der Waals surface area contributed by atoms with E-state index >= 15 is 0 Å². The zero-order chi connectivity index (χ0) is 24.3. The molecule has 34 heavy (non-hydrogen) atoms. The van der Waals surface area contributed by atoms with Crippen LogP contribution in [-0.2, 0) is 4.79 Å². The second-order valence-corrected chi connectivity index (χ2v) is 9.33. The van der Waals surface area contributed by atoms with Gasteiger partial charge in [-0.1, -0.05) is 54.1 Å². The molecule has 4 rings (SSSR count). The maximum Gasteiger partial charge on any atom is 0.260 e. The number of benzene rings is 2. The lowest BCUT2D eigenvalue weighted by molar-refractivity contribution is -0.124. The van der Waals surface area contributed by atoms with Crippen LogP contribution in [0.5, 0.6) is 0 Å². The predicted octanol–water partition coefficient (Wildman–Crippen LogP) is 5.59. The van der Waals surface area contributed by atoms with Crippen LogP contribution in [0.4, 0.5) is 5.69 Å². The monoisotopic (exact) mass is 472 g/mol. The highest BCUT2D eigenvalue weighted by Crippen LogP contribution is 2.34. The lowest BCUT2D eigenvalue weighted by atomic mass is 10.0. The molecular formula is C27H25ClN4O2. The molecule has 2 aromatic carbocycles. The summed E-state index contributed by atoms with van der Waals surface area (Å²) in [6, 6.07) is 20.9. The summed E-state index contributed by atoms with van der Waals surface area (Å²) in [5.74, 6) is -0.727. The number of carbonyl (C=O) groups is 2. The quantitative estimate of drug-likeness (QED) is 0.384. The Labute approximate surface area is 203 Å². The lowest BCUT2D eigenvalue weighted by Crippen LogP contribution is -2.49. The molecule has 7 heteroatoms. The number of hydrogen-bond donors (Lipinski definition) is 1. The minimum atomic E-state index is -1.02. The van der Waals surface area contributed by atoms with Crippen LogP contribution in [0.2, 0.25) is 5.15 Å². The number of rotatable bonds is 5. The predicted molar refractivity (Wildman–Crippen MR) is 135 cm³/mol. The molecule has 0 radical (unpaired) electrons. The lowest BCUT2D eigenvalue weighted by Gasteiger charge is -2.33. The number of anilines is 1. The summed E-state index contributed by atoms with van der Waals surface area (Å²) in [6.45, 7) is 5.69. The smallest absolute Gasteiger partial charge is 0.260 e. The fraction of sp³-hybridized carbons (Fsp3) is 0.185. The van der Waals surface area contributed by atoms with Crippen LogP contribution in [0.25, 0.3) is 10.8 Å². The fourth-order valence-corrected chi connectivity index (χ4v) is 3.90. The van der Waals surface area contributed by atoms with Crippen LogP contribution >= 0.6 is 11.6 Å². The van der Waals surface area contributed by atoms with E-state index in [9.17, 15) is 9.59 Å². The van der Waals surface area contributed by atoms with E-state index in [1.165, 1.54) is 11.1 Å². The molecule has 2 heterocycles. The van der Waals surface area contributed by atoms with Crippen molar-refractivity contribution in [2.45, 2.75) is 32.4 Å². The first kappa shape index (κ1) is 23.4. The number of amides is 2. The zero-order valence-corrected chi connectivity index (χ0v) is 20.0. The molecule has 2 amide bonds. The summed E-state index contributed by atoms with van der Waals surface area (Å²) in [7, 11) is 0. The van der Waals surface area contributed by atoms with Gasteiger partial charge in [-0.25, -0.2) is 4.98 Å². The van der Waals surface area contributed by atoms with Crippen LogP contribution in [0.1, 0.15) is 42.9 Å². The number of nitrogens with zero attached hydrogens (tertiary/aromatic N) is 3. The van der Waals surface area contributed by atoms with Crippen molar-refractivity contribution in [2.24, 2.45) is 0 Å². The first-order valence-corrected chi connectivity index (χ1v) is 11.3. The minimum absolute atomic E-state index is 0.278. The number of carbonyl (C=O) groups excluding carboxylic acids is 2. The Bertz CT molecular complexity index is 1310. The molecule has 1 unspecified atom stereocenters. The summed E-state index contributed by atoms with van der Waals surface area (Å²) in [5.41, 5.74) is 0.839. The highest BCUT2D eigenvalue weighted by atomic mass is 35.5. The van der Waals surface area contributed by atoms with Crippen LogP contribution in [0, 0.1) is 0 Å². The van der Waals surface area contributed by atoms with Crippen LogP contribution in [0.3, 0.4) is 0 Å². The second-order valence-electron chi connectivity index (χ2n) is 8.94. The van der Waals surface area contributed by atoms with Crippen LogP contribution in [-0.4, -0.2) is 27.3 Å². The topological polar surface area (TPSA) is 75.2 Å². The molecule has 0 spiro atoms. The summed E-state index contributed by atoms with van der Waals surface area (Å²) in [4.78, 5) is 37.8. The van der Waals surface area contributed by atoms with E-state index < -0.39 is 11.6 Å². The summed E-state index contributed by atoms with van der Waals surface area (Å²) in [6.07, 6.45) is 3.03. The first-order chi connectivity index (χ1) is 16.2. The van der Waals surface area contributed by atoms with Gasteiger partial charge in [0.1, 0.15) is 5.15 Å².